The fraction of sp³-hybridized carbons (Fsp3) is 0.273. The first-order valence-electron chi connectivity index (χ1n) is 4.59. The monoisotopic (exact) mass is 207 g/mol. The van der Waals surface area contributed by atoms with E-state index >= 15 is 0 Å². The summed E-state index contributed by atoms with van der Waals surface area (Å²) >= 11 is 0. The zero-order valence-corrected chi connectivity index (χ0v) is 8.53. The van der Waals surface area contributed by atoms with Crippen LogP contribution in [0.3, 0.4) is 0 Å². The van der Waals surface area contributed by atoms with E-state index in [9.17, 15) is 9.59 Å². The fourth-order valence-corrected chi connectivity index (χ4v) is 1.20. The maximum atomic E-state index is 11.6. The molecule has 0 radical (unpaired) electrons. The van der Waals surface area contributed by atoms with Crippen LogP contribution in [0.5, 0.6) is 0 Å². The van der Waals surface area contributed by atoms with Crippen molar-refractivity contribution in [3.05, 3.63) is 29.8 Å². The van der Waals surface area contributed by atoms with E-state index < -0.39 is 5.97 Å². The number of esters is 1. The summed E-state index contributed by atoms with van der Waals surface area (Å²) in [7, 11) is 1.30. The highest BCUT2D eigenvalue weighted by Crippen LogP contribution is 2.13. The van der Waals surface area contributed by atoms with Gasteiger partial charge < -0.3 is 10.5 Å². The molecule has 0 atom stereocenters. The summed E-state index contributed by atoms with van der Waals surface area (Å²) in [5.41, 5.74) is 6.52. The molecule has 1 aromatic carbocycles. The highest BCUT2D eigenvalue weighted by molar-refractivity contribution is 6.01. The molecule has 0 bridgehead atoms. The first kappa shape index (κ1) is 11.2. The van der Waals surface area contributed by atoms with Gasteiger partial charge in [-0.25, -0.2) is 0 Å². The van der Waals surface area contributed by atoms with Gasteiger partial charge in [0.25, 0.3) is 0 Å². The number of ether oxygens (including phenoxy) is 1. The van der Waals surface area contributed by atoms with Crippen LogP contribution in [-0.4, -0.2) is 18.9 Å². The first-order chi connectivity index (χ1) is 7.15. The lowest BCUT2D eigenvalue weighted by molar-refractivity contribution is -0.140. The third-order valence-electron chi connectivity index (χ3n) is 2.05. The van der Waals surface area contributed by atoms with Crippen molar-refractivity contribution in [3.63, 3.8) is 0 Å². The van der Waals surface area contributed by atoms with Crippen molar-refractivity contribution in [1.29, 1.82) is 0 Å². The van der Waals surface area contributed by atoms with Crippen molar-refractivity contribution >= 4 is 17.4 Å². The molecule has 2 N–H and O–H groups in total. The van der Waals surface area contributed by atoms with Crippen molar-refractivity contribution < 1.29 is 14.3 Å². The van der Waals surface area contributed by atoms with Crippen LogP contribution in [0.1, 0.15) is 23.2 Å². The van der Waals surface area contributed by atoms with Crippen molar-refractivity contribution in [2.45, 2.75) is 12.8 Å². The molecule has 4 nitrogen and oxygen atoms in total. The Balaban J connectivity index is 2.62. The molecule has 0 aliphatic carbocycles. The average molecular weight is 207 g/mol. The normalized spacial score (nSPS) is 9.67. The van der Waals surface area contributed by atoms with E-state index in [4.69, 9.17) is 5.73 Å². The molecule has 0 spiro atoms. The first-order valence-corrected chi connectivity index (χ1v) is 4.59. The summed E-state index contributed by atoms with van der Waals surface area (Å²) in [6, 6.07) is 6.80. The second kappa shape index (κ2) is 5.14. The van der Waals surface area contributed by atoms with Gasteiger partial charge in [0.1, 0.15) is 0 Å². The van der Waals surface area contributed by atoms with Crippen LogP contribution in [0, 0.1) is 0 Å². The molecule has 0 amide bonds. The lowest BCUT2D eigenvalue weighted by Crippen LogP contribution is -2.07. The lowest BCUT2D eigenvalue weighted by Gasteiger charge is -2.03. The fourth-order valence-electron chi connectivity index (χ4n) is 1.20. The number of carbonyl (C=O) groups is 2. The molecule has 0 aromatic heterocycles. The van der Waals surface area contributed by atoms with Crippen LogP contribution >= 0.6 is 0 Å². The molecule has 0 aliphatic rings. The van der Waals surface area contributed by atoms with E-state index in [0.29, 0.717) is 11.3 Å². The van der Waals surface area contributed by atoms with Crippen molar-refractivity contribution in [1.82, 2.24) is 0 Å². The number of ketones is 1. The predicted molar refractivity (Wildman–Crippen MR) is 56.4 cm³/mol. The molecule has 1 aromatic rings. The molecule has 0 fully saturated rings. The summed E-state index contributed by atoms with van der Waals surface area (Å²) < 4.78 is 4.44. The van der Waals surface area contributed by atoms with E-state index in [0.717, 1.165) is 0 Å². The van der Waals surface area contributed by atoms with Gasteiger partial charge in [0.05, 0.1) is 13.5 Å². The molecular formula is C11H13NO3. The maximum Gasteiger partial charge on any atom is 0.305 e. The van der Waals surface area contributed by atoms with Gasteiger partial charge in [-0.1, -0.05) is 12.1 Å². The molecule has 0 aliphatic heterocycles. The second-order valence-electron chi connectivity index (χ2n) is 3.09. The van der Waals surface area contributed by atoms with Gasteiger partial charge in [-0.15, -0.1) is 0 Å². The quantitative estimate of drug-likeness (QED) is 0.460. The predicted octanol–water partition coefficient (Wildman–Crippen LogP) is 1.40. The number of hydrogen-bond donors (Lipinski definition) is 1. The maximum absolute atomic E-state index is 11.6. The number of benzene rings is 1. The third kappa shape index (κ3) is 3.09. The Morgan fingerprint density at radius 3 is 2.53 bits per heavy atom. The number of anilines is 1. The number of methoxy groups -OCH3 is 1. The van der Waals surface area contributed by atoms with Crippen LogP contribution in [0.2, 0.25) is 0 Å². The highest BCUT2D eigenvalue weighted by atomic mass is 16.5. The Bertz CT molecular complexity index is 374. The summed E-state index contributed by atoms with van der Waals surface area (Å²) in [6.45, 7) is 0. The van der Waals surface area contributed by atoms with Crippen molar-refractivity contribution in [2.24, 2.45) is 0 Å². The van der Waals surface area contributed by atoms with Crippen LogP contribution in [0.25, 0.3) is 0 Å². The zero-order valence-electron chi connectivity index (χ0n) is 8.53. The van der Waals surface area contributed by atoms with E-state index in [1.807, 2.05) is 0 Å². The van der Waals surface area contributed by atoms with Gasteiger partial charge in [0.2, 0.25) is 0 Å². The number of rotatable bonds is 4. The van der Waals surface area contributed by atoms with Gasteiger partial charge in [-0.3, -0.25) is 9.59 Å². The number of nitrogens with two attached hydrogens (primary N) is 1. The van der Waals surface area contributed by atoms with E-state index in [1.165, 1.54) is 7.11 Å². The molecule has 0 heterocycles. The third-order valence-corrected chi connectivity index (χ3v) is 2.05. The van der Waals surface area contributed by atoms with Crippen molar-refractivity contribution in [3.8, 4) is 0 Å². The van der Waals surface area contributed by atoms with Gasteiger partial charge in [-0.05, 0) is 12.1 Å². The number of carbonyl (C=O) groups excluding carboxylic acids is 2. The Morgan fingerprint density at radius 2 is 1.93 bits per heavy atom. The topological polar surface area (TPSA) is 69.4 Å². The zero-order chi connectivity index (χ0) is 11.3. The molecule has 0 saturated heterocycles. The standard InChI is InChI=1S/C11H13NO3/c1-15-11(14)7-6-10(13)8-4-2-3-5-9(8)12/h2-5H,6-7,12H2,1H3. The Hall–Kier alpha value is -1.84. The lowest BCUT2D eigenvalue weighted by atomic mass is 10.1. The second-order valence-corrected chi connectivity index (χ2v) is 3.09. The Morgan fingerprint density at radius 1 is 1.27 bits per heavy atom. The minimum atomic E-state index is -0.391. The van der Waals surface area contributed by atoms with Gasteiger partial charge in [0, 0.05) is 17.7 Å². The molecule has 4 heteroatoms. The molecule has 80 valence electrons. The summed E-state index contributed by atoms with van der Waals surface area (Å²) in [4.78, 5) is 22.4. The SMILES string of the molecule is COC(=O)CCC(=O)c1ccccc1N. The van der Waals surface area contributed by atoms with Crippen molar-refractivity contribution in [2.75, 3.05) is 12.8 Å². The summed E-state index contributed by atoms with van der Waals surface area (Å²) in [5, 5.41) is 0. The molecule has 15 heavy (non-hydrogen) atoms. The molecule has 0 saturated carbocycles. The highest BCUT2D eigenvalue weighted by Gasteiger charge is 2.11. The van der Waals surface area contributed by atoms with E-state index in [2.05, 4.69) is 4.74 Å². The van der Waals surface area contributed by atoms with E-state index in [-0.39, 0.29) is 18.6 Å². The average Bonchev–Trinajstić information content (AvgIpc) is 2.26. The Kier molecular flexibility index (Phi) is 3.85. The molecular weight excluding hydrogens is 194 g/mol. The number of Topliss-reactive ketones (excluding diaryl/α,β-unsaturated/α-hetero) is 1. The van der Waals surface area contributed by atoms with Gasteiger partial charge in [-0.2, -0.15) is 0 Å². The van der Waals surface area contributed by atoms with E-state index in [1.54, 1.807) is 24.3 Å². The summed E-state index contributed by atoms with van der Waals surface area (Å²) in [5.74, 6) is -0.531. The van der Waals surface area contributed by atoms with Crippen LogP contribution in [0.4, 0.5) is 5.69 Å². The van der Waals surface area contributed by atoms with Gasteiger partial charge in [0.15, 0.2) is 5.78 Å². The smallest absolute Gasteiger partial charge is 0.305 e. The Labute approximate surface area is 88.0 Å². The van der Waals surface area contributed by atoms with Crippen LogP contribution < -0.4 is 5.73 Å². The minimum absolute atomic E-state index is 0.0870. The van der Waals surface area contributed by atoms with Crippen LogP contribution in [0.15, 0.2) is 24.3 Å². The largest absolute Gasteiger partial charge is 0.469 e. The number of hydrogen-bond acceptors (Lipinski definition) is 4. The number of nitrogen functional groups attached to an aromatic ring is 1. The summed E-state index contributed by atoms with van der Waals surface area (Å²) in [6.07, 6.45) is 0.213. The minimum Gasteiger partial charge on any atom is -0.469 e. The molecule has 1 rings (SSSR count). The van der Waals surface area contributed by atoms with Crippen LogP contribution in [-0.2, 0) is 9.53 Å². The van der Waals surface area contributed by atoms with Gasteiger partial charge >= 0.3 is 5.97 Å². The number of para-hydroxylation sites is 1. The molecule has 0 unspecified atom stereocenters.